The van der Waals surface area contributed by atoms with Crippen molar-refractivity contribution in [2.75, 3.05) is 29.0 Å². The summed E-state index contributed by atoms with van der Waals surface area (Å²) in [5.74, 6) is -3.91. The van der Waals surface area contributed by atoms with Gasteiger partial charge in [-0.1, -0.05) is 23.7 Å². The third-order valence-corrected chi connectivity index (χ3v) is 7.88. The quantitative estimate of drug-likeness (QED) is 0.140. The van der Waals surface area contributed by atoms with E-state index in [2.05, 4.69) is 20.8 Å². The van der Waals surface area contributed by atoms with Gasteiger partial charge in [-0.25, -0.2) is 14.2 Å². The van der Waals surface area contributed by atoms with Crippen molar-refractivity contribution in [2.45, 2.75) is 12.5 Å². The Hall–Kier alpha value is -6.29. The van der Waals surface area contributed by atoms with Crippen LogP contribution in [0.3, 0.4) is 0 Å². The van der Waals surface area contributed by atoms with E-state index >= 15 is 0 Å². The van der Waals surface area contributed by atoms with E-state index < -0.39 is 41.5 Å². The molecule has 5 N–H and O–H groups in total. The zero-order valence-corrected chi connectivity index (χ0v) is 24.9. The lowest BCUT2D eigenvalue weighted by Crippen LogP contribution is -2.60. The number of rotatable bonds is 8. The van der Waals surface area contributed by atoms with Crippen LogP contribution in [-0.4, -0.2) is 88.8 Å². The summed E-state index contributed by atoms with van der Waals surface area (Å²) in [5.41, 5.74) is 7.54. The molecular formula is C30H24ClN9O7. The first-order valence-corrected chi connectivity index (χ1v) is 14.3. The number of carboxylic acid groups (broad SMARTS) is 2. The van der Waals surface area contributed by atoms with Crippen LogP contribution in [0, 0.1) is 0 Å². The number of carbonyl (C=O) groups is 5. The van der Waals surface area contributed by atoms with Crippen LogP contribution in [0.5, 0.6) is 0 Å². The van der Waals surface area contributed by atoms with Gasteiger partial charge in [0.25, 0.3) is 0 Å². The van der Waals surface area contributed by atoms with Gasteiger partial charge in [0.1, 0.15) is 18.1 Å². The Morgan fingerprint density at radius 2 is 1.70 bits per heavy atom. The van der Waals surface area contributed by atoms with E-state index in [1.165, 1.54) is 51.1 Å². The van der Waals surface area contributed by atoms with Crippen molar-refractivity contribution < 1.29 is 34.2 Å². The van der Waals surface area contributed by atoms with Crippen molar-refractivity contribution in [1.82, 2.24) is 29.7 Å². The molecule has 238 valence electrons. The highest BCUT2D eigenvalue weighted by Crippen LogP contribution is 2.30. The molecule has 16 nitrogen and oxygen atoms in total. The smallest absolute Gasteiger partial charge is 0.416 e. The van der Waals surface area contributed by atoms with Crippen molar-refractivity contribution >= 4 is 69.4 Å². The second-order valence-corrected chi connectivity index (χ2v) is 11.0. The number of carboxylic acids is 1. The lowest BCUT2D eigenvalue weighted by molar-refractivity contribution is -0.149. The summed E-state index contributed by atoms with van der Waals surface area (Å²) in [7, 11) is 0. The van der Waals surface area contributed by atoms with Crippen molar-refractivity contribution in [1.29, 1.82) is 0 Å². The summed E-state index contributed by atoms with van der Waals surface area (Å²) >= 11 is 6.24. The fourth-order valence-electron chi connectivity index (χ4n) is 5.46. The van der Waals surface area contributed by atoms with E-state index in [1.54, 1.807) is 36.4 Å². The zero-order chi connectivity index (χ0) is 33.4. The summed E-state index contributed by atoms with van der Waals surface area (Å²) in [5, 5.41) is 33.4. The number of halogens is 1. The number of aromatic carboxylic acids is 1. The van der Waals surface area contributed by atoms with Gasteiger partial charge in [0.15, 0.2) is 0 Å². The molecular weight excluding hydrogens is 634 g/mol. The molecule has 1 atom stereocenters. The number of benzene rings is 3. The molecule has 5 aromatic rings. The molecule has 6 rings (SSSR count). The number of nitrogens with two attached hydrogens (primary N) is 1. The van der Waals surface area contributed by atoms with Gasteiger partial charge in [-0.15, -0.1) is 5.10 Å². The van der Waals surface area contributed by atoms with Crippen LogP contribution in [0.4, 0.5) is 21.9 Å². The number of hydrogen-bond acceptors (Lipinski definition) is 9. The van der Waals surface area contributed by atoms with Gasteiger partial charge in [-0.3, -0.25) is 14.4 Å². The second kappa shape index (κ2) is 12.2. The fraction of sp³-hybridized carbons (Fsp3) is 0.133. The summed E-state index contributed by atoms with van der Waals surface area (Å²) in [6, 6.07) is 15.6. The van der Waals surface area contributed by atoms with Crippen LogP contribution < -0.4 is 16.0 Å². The summed E-state index contributed by atoms with van der Waals surface area (Å²) in [6.45, 7) is -0.0140. The molecule has 3 aromatic carbocycles. The maximum atomic E-state index is 13.9. The normalized spacial score (nSPS) is 14.0. The largest absolute Gasteiger partial charge is 0.477 e. The van der Waals surface area contributed by atoms with Crippen molar-refractivity contribution in [2.24, 2.45) is 0 Å². The van der Waals surface area contributed by atoms with Gasteiger partial charge in [0.2, 0.25) is 5.91 Å². The monoisotopic (exact) mass is 657 g/mol. The Morgan fingerprint density at radius 3 is 2.38 bits per heavy atom. The van der Waals surface area contributed by atoms with Gasteiger partial charge in [-0.2, -0.15) is 4.68 Å². The number of aromatic nitrogens is 5. The number of amides is 3. The average molecular weight is 658 g/mol. The van der Waals surface area contributed by atoms with Gasteiger partial charge in [-0.05, 0) is 70.6 Å². The van der Waals surface area contributed by atoms with Crippen LogP contribution in [-0.2, 0) is 20.8 Å². The third kappa shape index (κ3) is 5.91. The van der Waals surface area contributed by atoms with E-state index in [0.717, 1.165) is 0 Å². The summed E-state index contributed by atoms with van der Waals surface area (Å²) in [4.78, 5) is 67.0. The number of nitrogens with zero attached hydrogens (tertiary/aromatic N) is 7. The number of anilines is 3. The van der Waals surface area contributed by atoms with Gasteiger partial charge in [0.05, 0.1) is 16.9 Å². The Labute approximate surface area is 269 Å². The Balaban J connectivity index is 1.31. The Morgan fingerprint density at radius 1 is 0.936 bits per heavy atom. The molecule has 17 heteroatoms. The van der Waals surface area contributed by atoms with E-state index in [-0.39, 0.29) is 36.1 Å². The molecule has 0 aliphatic carbocycles. The Kier molecular flexibility index (Phi) is 8.00. The second-order valence-electron chi connectivity index (χ2n) is 10.5. The highest BCUT2D eigenvalue weighted by Gasteiger charge is 2.40. The summed E-state index contributed by atoms with van der Waals surface area (Å²) < 4.78 is 1.95. The maximum absolute atomic E-state index is 13.9. The number of carbonyl (C=O) groups excluding carboxylic acids is 3. The van der Waals surface area contributed by atoms with E-state index in [1.807, 2.05) is 0 Å². The molecule has 3 heterocycles. The SMILES string of the molecule is Nc1ccc(CC(C(=O)Nc2ccc3c(c2)cc(C(=O)O)n3C(=O)O)N2CCN(c3cc(Cl)ccc3-n3cnnn3)C(=O)C2=O)cc1. The minimum atomic E-state index is -1.48. The van der Waals surface area contributed by atoms with Crippen molar-refractivity contribution in [3.8, 4) is 5.69 Å². The van der Waals surface area contributed by atoms with Crippen LogP contribution in [0.1, 0.15) is 16.1 Å². The lowest BCUT2D eigenvalue weighted by atomic mass is 10.0. The number of hydrogen-bond donors (Lipinski definition) is 4. The highest BCUT2D eigenvalue weighted by molar-refractivity contribution is 6.41. The lowest BCUT2D eigenvalue weighted by Gasteiger charge is -2.38. The Bertz CT molecular complexity index is 2060. The fourth-order valence-corrected chi connectivity index (χ4v) is 5.62. The van der Waals surface area contributed by atoms with Gasteiger partial charge in [0, 0.05) is 41.3 Å². The highest BCUT2D eigenvalue weighted by atomic mass is 35.5. The van der Waals surface area contributed by atoms with Crippen molar-refractivity contribution in [3.63, 3.8) is 0 Å². The van der Waals surface area contributed by atoms with Crippen LogP contribution >= 0.6 is 11.6 Å². The average Bonchev–Trinajstić information content (AvgIpc) is 3.71. The molecule has 1 saturated heterocycles. The number of nitrogen functional groups attached to an aromatic ring is 1. The van der Waals surface area contributed by atoms with Crippen molar-refractivity contribution in [3.05, 3.63) is 89.3 Å². The van der Waals surface area contributed by atoms with Crippen LogP contribution in [0.2, 0.25) is 5.02 Å². The number of tetrazole rings is 1. The van der Waals surface area contributed by atoms with Gasteiger partial charge < -0.3 is 31.1 Å². The minimum absolute atomic E-state index is 0.0121. The molecule has 2 aromatic heterocycles. The maximum Gasteiger partial charge on any atom is 0.416 e. The van der Waals surface area contributed by atoms with Crippen LogP contribution in [0.15, 0.2) is 73.1 Å². The molecule has 0 spiro atoms. The first-order valence-electron chi connectivity index (χ1n) is 13.9. The number of piperazine rings is 1. The topological polar surface area (TPSA) is 219 Å². The molecule has 47 heavy (non-hydrogen) atoms. The number of nitrogens with one attached hydrogen (secondary N) is 1. The zero-order valence-electron chi connectivity index (χ0n) is 24.1. The predicted octanol–water partition coefficient (Wildman–Crippen LogP) is 2.50. The molecule has 1 unspecified atom stereocenters. The van der Waals surface area contributed by atoms with Gasteiger partial charge >= 0.3 is 23.9 Å². The molecule has 3 amide bonds. The molecule has 0 radical (unpaired) electrons. The minimum Gasteiger partial charge on any atom is -0.477 e. The third-order valence-electron chi connectivity index (χ3n) is 7.64. The molecule has 1 aliphatic rings. The first-order chi connectivity index (χ1) is 22.5. The van der Waals surface area contributed by atoms with E-state index in [0.29, 0.717) is 32.2 Å². The standard InChI is InChI=1S/C30H24ClN9O7/c31-18-3-7-22(39-15-33-35-36-39)23(14-18)37-9-10-38(28(43)27(37)42)24(11-16-1-4-19(32)5-2-16)26(41)34-20-6-8-21-17(12-20)13-25(29(44)45)40(21)30(46)47/h1-8,12-15,24H,9-11,32H2,(H,34,41)(H,44,45)(H,46,47). The van der Waals surface area contributed by atoms with E-state index in [4.69, 9.17) is 17.3 Å². The van der Waals surface area contributed by atoms with E-state index in [9.17, 15) is 34.2 Å². The summed E-state index contributed by atoms with van der Waals surface area (Å²) in [6.07, 6.45) is -0.125. The molecule has 1 aliphatic heterocycles. The van der Waals surface area contributed by atoms with Crippen LogP contribution in [0.25, 0.3) is 16.6 Å². The number of fused-ring (bicyclic) bond motifs is 1. The molecule has 1 fully saturated rings. The predicted molar refractivity (Wildman–Crippen MR) is 168 cm³/mol. The molecule has 0 saturated carbocycles. The first kappa shape index (κ1) is 30.7. The molecule has 0 bridgehead atoms.